The SMILES string of the molecule is NS(=O)(=O)c1ccc(N2CCN(c3nc4ccc(F)cc4s3)CC2)cc1. The van der Waals surface area contributed by atoms with E-state index in [1.165, 1.54) is 35.6 Å². The number of rotatable bonds is 3. The van der Waals surface area contributed by atoms with Crippen molar-refractivity contribution >= 4 is 42.4 Å². The Kier molecular flexibility index (Phi) is 4.29. The normalized spacial score (nSPS) is 15.6. The summed E-state index contributed by atoms with van der Waals surface area (Å²) < 4.78 is 36.9. The first kappa shape index (κ1) is 17.2. The van der Waals surface area contributed by atoms with Crippen LogP contribution in [-0.4, -0.2) is 39.6 Å². The maximum absolute atomic E-state index is 13.3. The van der Waals surface area contributed by atoms with Crippen LogP contribution in [-0.2, 0) is 10.0 Å². The first-order chi connectivity index (χ1) is 12.4. The fourth-order valence-corrected chi connectivity index (χ4v) is 4.58. The van der Waals surface area contributed by atoms with Gasteiger partial charge < -0.3 is 9.80 Å². The van der Waals surface area contributed by atoms with E-state index < -0.39 is 10.0 Å². The lowest BCUT2D eigenvalue weighted by Crippen LogP contribution is -2.46. The van der Waals surface area contributed by atoms with Crippen LogP contribution in [0.4, 0.5) is 15.2 Å². The Morgan fingerprint density at radius 2 is 1.65 bits per heavy atom. The van der Waals surface area contributed by atoms with Crippen LogP contribution >= 0.6 is 11.3 Å². The molecule has 0 amide bonds. The van der Waals surface area contributed by atoms with Gasteiger partial charge in [0, 0.05) is 31.9 Å². The van der Waals surface area contributed by atoms with Crippen molar-refractivity contribution in [1.29, 1.82) is 0 Å². The average Bonchev–Trinajstić information content (AvgIpc) is 3.04. The van der Waals surface area contributed by atoms with E-state index >= 15 is 0 Å². The molecular formula is C17H17FN4O2S2. The Morgan fingerprint density at radius 1 is 1.00 bits per heavy atom. The van der Waals surface area contributed by atoms with E-state index in [0.29, 0.717) is 0 Å². The first-order valence-corrected chi connectivity index (χ1v) is 10.5. The second kappa shape index (κ2) is 6.49. The molecule has 0 atom stereocenters. The fraction of sp³-hybridized carbons (Fsp3) is 0.235. The van der Waals surface area contributed by atoms with Gasteiger partial charge in [-0.2, -0.15) is 0 Å². The molecule has 0 aliphatic carbocycles. The Morgan fingerprint density at radius 3 is 2.31 bits per heavy atom. The zero-order chi connectivity index (χ0) is 18.3. The zero-order valence-corrected chi connectivity index (χ0v) is 15.4. The molecule has 9 heteroatoms. The summed E-state index contributed by atoms with van der Waals surface area (Å²) in [6.45, 7) is 3.16. The number of nitrogens with zero attached hydrogens (tertiary/aromatic N) is 3. The summed E-state index contributed by atoms with van der Waals surface area (Å²) in [6, 6.07) is 11.2. The highest BCUT2D eigenvalue weighted by molar-refractivity contribution is 7.89. The third kappa shape index (κ3) is 3.37. The summed E-state index contributed by atoms with van der Waals surface area (Å²) in [5.41, 5.74) is 1.77. The van der Waals surface area contributed by atoms with Gasteiger partial charge in [-0.3, -0.25) is 0 Å². The van der Waals surface area contributed by atoms with Gasteiger partial charge in [0.1, 0.15) is 5.82 Å². The number of hydrogen-bond donors (Lipinski definition) is 1. The minimum atomic E-state index is -3.67. The van der Waals surface area contributed by atoms with Crippen molar-refractivity contribution in [2.24, 2.45) is 5.14 Å². The number of hydrogen-bond acceptors (Lipinski definition) is 6. The number of halogens is 1. The topological polar surface area (TPSA) is 79.5 Å². The van der Waals surface area contributed by atoms with Crippen molar-refractivity contribution in [1.82, 2.24) is 4.98 Å². The van der Waals surface area contributed by atoms with Gasteiger partial charge in [0.15, 0.2) is 5.13 Å². The number of sulfonamides is 1. The summed E-state index contributed by atoms with van der Waals surface area (Å²) in [5.74, 6) is -0.250. The van der Waals surface area contributed by atoms with E-state index in [1.54, 1.807) is 18.2 Å². The van der Waals surface area contributed by atoms with Gasteiger partial charge in [-0.1, -0.05) is 11.3 Å². The van der Waals surface area contributed by atoms with Gasteiger partial charge in [-0.15, -0.1) is 0 Å². The van der Waals surface area contributed by atoms with Crippen molar-refractivity contribution in [2.45, 2.75) is 4.90 Å². The molecule has 0 saturated carbocycles. The average molecular weight is 392 g/mol. The number of benzene rings is 2. The molecule has 1 fully saturated rings. The summed E-state index contributed by atoms with van der Waals surface area (Å²) in [7, 11) is -3.67. The molecule has 136 valence electrons. The van der Waals surface area contributed by atoms with Crippen LogP contribution < -0.4 is 14.9 Å². The molecule has 1 saturated heterocycles. The lowest BCUT2D eigenvalue weighted by Gasteiger charge is -2.36. The first-order valence-electron chi connectivity index (χ1n) is 8.09. The molecule has 1 aliphatic heterocycles. The molecule has 0 bridgehead atoms. The van der Waals surface area contributed by atoms with Gasteiger partial charge in [0.25, 0.3) is 0 Å². The Hall–Kier alpha value is -2.23. The number of aromatic nitrogens is 1. The fourth-order valence-electron chi connectivity index (χ4n) is 3.02. The van der Waals surface area contributed by atoms with Crippen molar-refractivity contribution < 1.29 is 12.8 Å². The second-order valence-electron chi connectivity index (χ2n) is 6.12. The van der Waals surface area contributed by atoms with Crippen molar-refractivity contribution in [3.63, 3.8) is 0 Å². The Labute approximate surface area is 154 Å². The van der Waals surface area contributed by atoms with Crippen LogP contribution in [0.1, 0.15) is 0 Å². The number of piperazine rings is 1. The lowest BCUT2D eigenvalue weighted by molar-refractivity contribution is 0.597. The van der Waals surface area contributed by atoms with Gasteiger partial charge in [-0.25, -0.2) is 22.9 Å². The standard InChI is InChI=1S/C17H17FN4O2S2/c18-12-1-6-15-16(11-12)25-17(20-15)22-9-7-21(8-10-22)13-2-4-14(5-3-13)26(19,23)24/h1-6,11H,7-10H2,(H2,19,23,24). The maximum atomic E-state index is 13.3. The lowest BCUT2D eigenvalue weighted by atomic mass is 10.2. The smallest absolute Gasteiger partial charge is 0.238 e. The molecule has 4 rings (SSSR count). The highest BCUT2D eigenvalue weighted by Gasteiger charge is 2.20. The van der Waals surface area contributed by atoms with Crippen molar-refractivity contribution in [2.75, 3.05) is 36.0 Å². The monoisotopic (exact) mass is 392 g/mol. The molecule has 3 aromatic rings. The van der Waals surface area contributed by atoms with Crippen LogP contribution in [0.5, 0.6) is 0 Å². The largest absolute Gasteiger partial charge is 0.368 e. The Balaban J connectivity index is 1.46. The highest BCUT2D eigenvalue weighted by atomic mass is 32.2. The molecular weight excluding hydrogens is 375 g/mol. The molecule has 26 heavy (non-hydrogen) atoms. The van der Waals surface area contributed by atoms with E-state index in [2.05, 4.69) is 14.8 Å². The zero-order valence-electron chi connectivity index (χ0n) is 13.8. The van der Waals surface area contributed by atoms with Crippen molar-refractivity contribution in [3.8, 4) is 0 Å². The van der Waals surface area contributed by atoms with Gasteiger partial charge in [0.2, 0.25) is 10.0 Å². The highest BCUT2D eigenvalue weighted by Crippen LogP contribution is 2.30. The van der Waals surface area contributed by atoms with E-state index in [9.17, 15) is 12.8 Å². The van der Waals surface area contributed by atoms with Crippen LogP contribution in [0.25, 0.3) is 10.2 Å². The summed E-state index contributed by atoms with van der Waals surface area (Å²) >= 11 is 1.50. The third-order valence-corrected chi connectivity index (χ3v) is 6.43. The quantitative estimate of drug-likeness (QED) is 0.740. The molecule has 1 aliphatic rings. The molecule has 2 heterocycles. The number of thiazole rings is 1. The molecule has 0 radical (unpaired) electrons. The van der Waals surface area contributed by atoms with Gasteiger partial charge >= 0.3 is 0 Å². The van der Waals surface area contributed by atoms with Crippen LogP contribution in [0.15, 0.2) is 47.4 Å². The summed E-state index contributed by atoms with van der Waals surface area (Å²) in [5, 5.41) is 6.03. The van der Waals surface area contributed by atoms with E-state index in [1.807, 2.05) is 0 Å². The van der Waals surface area contributed by atoms with Gasteiger partial charge in [0.05, 0.1) is 15.1 Å². The predicted octanol–water partition coefficient (Wildman–Crippen LogP) is 2.41. The van der Waals surface area contributed by atoms with Crippen LogP contribution in [0.3, 0.4) is 0 Å². The molecule has 1 aromatic heterocycles. The number of anilines is 2. The second-order valence-corrected chi connectivity index (χ2v) is 8.69. The minimum absolute atomic E-state index is 0.113. The van der Waals surface area contributed by atoms with E-state index in [0.717, 1.165) is 47.2 Å². The third-order valence-electron chi connectivity index (χ3n) is 4.42. The van der Waals surface area contributed by atoms with E-state index in [-0.39, 0.29) is 10.7 Å². The number of nitrogens with two attached hydrogens (primary N) is 1. The minimum Gasteiger partial charge on any atom is -0.368 e. The molecule has 0 unspecified atom stereocenters. The molecule has 6 nitrogen and oxygen atoms in total. The molecule has 2 N–H and O–H groups in total. The summed E-state index contributed by atoms with van der Waals surface area (Å²) in [4.78, 5) is 9.09. The van der Waals surface area contributed by atoms with Crippen molar-refractivity contribution in [3.05, 3.63) is 48.3 Å². The van der Waals surface area contributed by atoms with Crippen LogP contribution in [0.2, 0.25) is 0 Å². The molecule has 0 spiro atoms. The number of primary sulfonamides is 1. The predicted molar refractivity (Wildman–Crippen MR) is 102 cm³/mol. The van der Waals surface area contributed by atoms with E-state index in [4.69, 9.17) is 5.14 Å². The number of fused-ring (bicyclic) bond motifs is 1. The van der Waals surface area contributed by atoms with Gasteiger partial charge in [-0.05, 0) is 42.5 Å². The maximum Gasteiger partial charge on any atom is 0.238 e. The Bertz CT molecular complexity index is 1040. The molecule has 2 aromatic carbocycles. The summed E-state index contributed by atoms with van der Waals surface area (Å²) in [6.07, 6.45) is 0. The van der Waals surface area contributed by atoms with Crippen LogP contribution in [0, 0.1) is 5.82 Å².